The van der Waals surface area contributed by atoms with E-state index in [-0.39, 0.29) is 5.92 Å². The summed E-state index contributed by atoms with van der Waals surface area (Å²) < 4.78 is 0. The molecule has 0 aromatic rings. The van der Waals surface area contributed by atoms with Gasteiger partial charge in [0.05, 0.1) is 0 Å². The first-order valence-corrected chi connectivity index (χ1v) is 7.48. The van der Waals surface area contributed by atoms with Crippen LogP contribution in [0.3, 0.4) is 0 Å². The summed E-state index contributed by atoms with van der Waals surface area (Å²) in [4.78, 5) is 14.8. The van der Waals surface area contributed by atoms with Crippen LogP contribution >= 0.6 is 0 Å². The van der Waals surface area contributed by atoms with E-state index >= 15 is 0 Å². The van der Waals surface area contributed by atoms with Gasteiger partial charge in [-0.15, -0.1) is 0 Å². The Labute approximate surface area is 109 Å². The fourth-order valence-electron chi connectivity index (χ4n) is 3.80. The summed E-state index contributed by atoms with van der Waals surface area (Å²) in [5.74, 6) is 1.27. The maximum atomic E-state index is 12.3. The number of amides is 1. The third kappa shape index (κ3) is 2.54. The Morgan fingerprint density at radius 2 is 2.06 bits per heavy atom. The van der Waals surface area contributed by atoms with Crippen molar-refractivity contribution in [2.75, 3.05) is 26.2 Å². The zero-order chi connectivity index (χ0) is 12.5. The Balaban J connectivity index is 1.54. The van der Waals surface area contributed by atoms with Gasteiger partial charge in [-0.2, -0.15) is 0 Å². The number of rotatable bonds is 2. The molecule has 4 saturated heterocycles. The second-order valence-corrected chi connectivity index (χ2v) is 6.33. The third-order valence-electron chi connectivity index (χ3n) is 4.98. The molecular weight excluding hydrogens is 226 g/mol. The highest BCUT2D eigenvalue weighted by Crippen LogP contribution is 2.28. The van der Waals surface area contributed by atoms with Crippen molar-refractivity contribution in [1.82, 2.24) is 15.5 Å². The molecule has 0 spiro atoms. The molecule has 2 N–H and O–H groups in total. The molecular formula is C14H25N3O. The van der Waals surface area contributed by atoms with Crippen molar-refractivity contribution in [1.29, 1.82) is 0 Å². The fourth-order valence-corrected chi connectivity index (χ4v) is 3.80. The number of fused-ring (bicyclic) bond motifs is 3. The summed E-state index contributed by atoms with van der Waals surface area (Å²) in [5, 5.41) is 6.74. The molecule has 0 radical (unpaired) electrons. The first-order valence-electron chi connectivity index (χ1n) is 7.48. The minimum absolute atomic E-state index is 0.233. The molecule has 3 atom stereocenters. The van der Waals surface area contributed by atoms with Crippen LogP contribution in [0, 0.1) is 11.8 Å². The molecule has 4 heteroatoms. The van der Waals surface area contributed by atoms with E-state index in [0.717, 1.165) is 31.8 Å². The molecule has 4 aliphatic heterocycles. The number of carbonyl (C=O) groups excluding carboxylic acids is 1. The van der Waals surface area contributed by atoms with Crippen LogP contribution in [-0.2, 0) is 4.79 Å². The summed E-state index contributed by atoms with van der Waals surface area (Å²) in [7, 11) is 0. The summed E-state index contributed by atoms with van der Waals surface area (Å²) >= 11 is 0. The van der Waals surface area contributed by atoms with Crippen LogP contribution in [0.2, 0.25) is 0 Å². The lowest BCUT2D eigenvalue weighted by molar-refractivity contribution is -0.128. The maximum Gasteiger partial charge on any atom is 0.223 e. The number of nitrogens with zero attached hydrogens (tertiary/aromatic N) is 1. The fraction of sp³-hybridized carbons (Fsp3) is 0.929. The van der Waals surface area contributed by atoms with E-state index in [4.69, 9.17) is 0 Å². The molecule has 4 rings (SSSR count). The zero-order valence-corrected chi connectivity index (χ0v) is 11.3. The predicted molar refractivity (Wildman–Crippen MR) is 71.3 cm³/mol. The van der Waals surface area contributed by atoms with Gasteiger partial charge in [-0.05, 0) is 58.2 Å². The highest BCUT2D eigenvalue weighted by atomic mass is 16.2. The smallest absolute Gasteiger partial charge is 0.223 e. The molecule has 0 aromatic carbocycles. The SMILES string of the molecule is CC1CC(C(=O)NC2CN3CCC2CC3)CCN1. The predicted octanol–water partition coefficient (Wildman–Crippen LogP) is 0.585. The molecule has 4 fully saturated rings. The Morgan fingerprint density at radius 3 is 2.67 bits per heavy atom. The standard InChI is InChI=1S/C14H25N3O/c1-10-8-12(2-5-15-10)14(18)16-13-9-17-6-3-11(13)4-7-17/h10-13,15H,2-9H2,1H3,(H,16,18). The van der Waals surface area contributed by atoms with E-state index in [0.29, 0.717) is 18.0 Å². The average molecular weight is 251 g/mol. The van der Waals surface area contributed by atoms with Gasteiger partial charge in [0.1, 0.15) is 0 Å². The lowest BCUT2D eigenvalue weighted by Crippen LogP contribution is -2.58. The molecule has 102 valence electrons. The number of nitrogens with one attached hydrogen (secondary N) is 2. The monoisotopic (exact) mass is 251 g/mol. The Morgan fingerprint density at radius 1 is 1.28 bits per heavy atom. The molecule has 0 aliphatic carbocycles. The average Bonchev–Trinajstić information content (AvgIpc) is 2.40. The van der Waals surface area contributed by atoms with Crippen molar-refractivity contribution in [3.8, 4) is 0 Å². The minimum atomic E-state index is 0.233. The summed E-state index contributed by atoms with van der Waals surface area (Å²) in [6.45, 7) is 6.72. The Hall–Kier alpha value is -0.610. The normalized spacial score (nSPS) is 43.7. The number of piperidine rings is 4. The van der Waals surface area contributed by atoms with Crippen LogP contribution in [0.25, 0.3) is 0 Å². The van der Waals surface area contributed by atoms with E-state index in [1.54, 1.807) is 0 Å². The van der Waals surface area contributed by atoms with Crippen molar-refractivity contribution in [3.05, 3.63) is 0 Å². The van der Waals surface area contributed by atoms with Gasteiger partial charge in [0.2, 0.25) is 5.91 Å². The second-order valence-electron chi connectivity index (χ2n) is 6.33. The highest BCUT2D eigenvalue weighted by Gasteiger charge is 2.36. The summed E-state index contributed by atoms with van der Waals surface area (Å²) in [6.07, 6.45) is 4.53. The molecule has 0 saturated carbocycles. The largest absolute Gasteiger partial charge is 0.352 e. The van der Waals surface area contributed by atoms with Crippen LogP contribution in [0.1, 0.15) is 32.6 Å². The van der Waals surface area contributed by atoms with E-state index in [1.165, 1.54) is 25.9 Å². The molecule has 4 nitrogen and oxygen atoms in total. The highest BCUT2D eigenvalue weighted by molar-refractivity contribution is 5.79. The first-order chi connectivity index (χ1) is 8.72. The van der Waals surface area contributed by atoms with Crippen molar-refractivity contribution in [2.45, 2.75) is 44.7 Å². The van der Waals surface area contributed by atoms with Gasteiger partial charge in [0.25, 0.3) is 0 Å². The van der Waals surface area contributed by atoms with Gasteiger partial charge in [-0.3, -0.25) is 4.79 Å². The molecule has 4 aliphatic rings. The van der Waals surface area contributed by atoms with Gasteiger partial charge < -0.3 is 15.5 Å². The summed E-state index contributed by atoms with van der Waals surface area (Å²) in [6, 6.07) is 0.909. The van der Waals surface area contributed by atoms with Crippen molar-refractivity contribution >= 4 is 5.91 Å². The quantitative estimate of drug-likeness (QED) is 0.755. The van der Waals surface area contributed by atoms with E-state index in [1.807, 2.05) is 0 Å². The van der Waals surface area contributed by atoms with Crippen LogP contribution in [0.15, 0.2) is 0 Å². The van der Waals surface area contributed by atoms with E-state index in [9.17, 15) is 4.79 Å². The van der Waals surface area contributed by atoms with Crippen molar-refractivity contribution in [3.63, 3.8) is 0 Å². The van der Waals surface area contributed by atoms with Crippen LogP contribution < -0.4 is 10.6 Å². The number of carbonyl (C=O) groups is 1. The van der Waals surface area contributed by atoms with Crippen LogP contribution in [-0.4, -0.2) is 49.1 Å². The van der Waals surface area contributed by atoms with Crippen LogP contribution in [0.5, 0.6) is 0 Å². The van der Waals surface area contributed by atoms with Gasteiger partial charge in [0, 0.05) is 24.5 Å². The van der Waals surface area contributed by atoms with Crippen LogP contribution in [0.4, 0.5) is 0 Å². The molecule has 3 unspecified atom stereocenters. The van der Waals surface area contributed by atoms with Gasteiger partial charge in [-0.25, -0.2) is 0 Å². The zero-order valence-electron chi connectivity index (χ0n) is 11.3. The van der Waals surface area contributed by atoms with E-state index < -0.39 is 0 Å². The Kier molecular flexibility index (Phi) is 3.57. The lowest BCUT2D eigenvalue weighted by Gasteiger charge is -2.45. The minimum Gasteiger partial charge on any atom is -0.352 e. The van der Waals surface area contributed by atoms with Gasteiger partial charge in [0.15, 0.2) is 0 Å². The maximum absolute atomic E-state index is 12.3. The first kappa shape index (κ1) is 12.4. The topological polar surface area (TPSA) is 44.4 Å². The number of hydrogen-bond acceptors (Lipinski definition) is 3. The van der Waals surface area contributed by atoms with Crippen molar-refractivity contribution in [2.24, 2.45) is 11.8 Å². The lowest BCUT2D eigenvalue weighted by atomic mass is 9.83. The molecule has 4 heterocycles. The molecule has 2 bridgehead atoms. The Bertz CT molecular complexity index is 312. The molecule has 18 heavy (non-hydrogen) atoms. The third-order valence-corrected chi connectivity index (χ3v) is 4.98. The number of hydrogen-bond donors (Lipinski definition) is 2. The van der Waals surface area contributed by atoms with E-state index in [2.05, 4.69) is 22.5 Å². The van der Waals surface area contributed by atoms with Crippen molar-refractivity contribution < 1.29 is 4.79 Å². The summed E-state index contributed by atoms with van der Waals surface area (Å²) in [5.41, 5.74) is 0. The second kappa shape index (κ2) is 5.17. The van der Waals surface area contributed by atoms with Gasteiger partial charge in [-0.1, -0.05) is 0 Å². The molecule has 1 amide bonds. The molecule has 0 aromatic heterocycles. The van der Waals surface area contributed by atoms with Gasteiger partial charge >= 0.3 is 0 Å².